The van der Waals surface area contributed by atoms with E-state index in [0.717, 1.165) is 11.1 Å². The van der Waals surface area contributed by atoms with Gasteiger partial charge in [-0.2, -0.15) is 0 Å². The molecule has 110 valence electrons. The molecule has 1 aliphatic carbocycles. The Labute approximate surface area is 122 Å². The van der Waals surface area contributed by atoms with Gasteiger partial charge in [0.05, 0.1) is 12.6 Å². The highest BCUT2D eigenvalue weighted by molar-refractivity contribution is 8.14. The van der Waals surface area contributed by atoms with Crippen LogP contribution in [0, 0.1) is 11.8 Å². The summed E-state index contributed by atoms with van der Waals surface area (Å²) in [6.45, 7) is 7.52. The molecule has 1 saturated carbocycles. The van der Waals surface area contributed by atoms with Gasteiger partial charge < -0.3 is 10.1 Å². The van der Waals surface area contributed by atoms with E-state index >= 15 is 0 Å². The van der Waals surface area contributed by atoms with Crippen molar-refractivity contribution in [3.05, 3.63) is 0 Å². The summed E-state index contributed by atoms with van der Waals surface area (Å²) < 4.78 is 5.28. The molecule has 3 nitrogen and oxygen atoms in total. The van der Waals surface area contributed by atoms with Crippen molar-refractivity contribution in [2.45, 2.75) is 58.0 Å². The van der Waals surface area contributed by atoms with Crippen LogP contribution in [0.3, 0.4) is 0 Å². The number of hydrogen-bond donors (Lipinski definition) is 1. The molecule has 1 unspecified atom stereocenters. The molecule has 0 aromatic carbocycles. The van der Waals surface area contributed by atoms with E-state index < -0.39 is 0 Å². The molecule has 0 bridgehead atoms. The Bertz CT molecular complexity index is 322. The Kier molecular flexibility index (Phi) is 5.18. The van der Waals surface area contributed by atoms with Gasteiger partial charge in [0.15, 0.2) is 5.17 Å². The van der Waals surface area contributed by atoms with Crippen LogP contribution >= 0.6 is 11.8 Å². The minimum Gasteiger partial charge on any atom is -0.382 e. The maximum absolute atomic E-state index is 5.28. The Balaban J connectivity index is 1.96. The predicted octanol–water partition coefficient (Wildman–Crippen LogP) is 3.30. The maximum atomic E-state index is 5.28. The van der Waals surface area contributed by atoms with Gasteiger partial charge in [0.2, 0.25) is 0 Å². The van der Waals surface area contributed by atoms with Crippen LogP contribution in [0.1, 0.15) is 46.5 Å². The molecule has 2 aliphatic rings. The highest BCUT2D eigenvalue weighted by Gasteiger charge is 2.39. The van der Waals surface area contributed by atoms with Gasteiger partial charge in [0, 0.05) is 18.4 Å². The van der Waals surface area contributed by atoms with Crippen LogP contribution < -0.4 is 5.32 Å². The molecule has 2 rings (SSSR count). The molecule has 1 spiro atoms. The number of aliphatic imine (C=N–C) groups is 1. The first-order chi connectivity index (χ1) is 9.04. The number of rotatable bonds is 4. The highest BCUT2D eigenvalue weighted by Crippen LogP contribution is 2.38. The van der Waals surface area contributed by atoms with E-state index in [0.29, 0.717) is 18.1 Å². The molecule has 0 amide bonds. The largest absolute Gasteiger partial charge is 0.382 e. The second kappa shape index (κ2) is 6.49. The Morgan fingerprint density at radius 2 is 2.11 bits per heavy atom. The van der Waals surface area contributed by atoms with Gasteiger partial charge in [0.1, 0.15) is 0 Å². The summed E-state index contributed by atoms with van der Waals surface area (Å²) in [7, 11) is 1.76. The van der Waals surface area contributed by atoms with Gasteiger partial charge in [-0.3, -0.25) is 4.99 Å². The van der Waals surface area contributed by atoms with Crippen LogP contribution in [0.4, 0.5) is 0 Å². The van der Waals surface area contributed by atoms with Crippen LogP contribution in [-0.2, 0) is 4.74 Å². The first-order valence-electron chi connectivity index (χ1n) is 7.52. The van der Waals surface area contributed by atoms with E-state index in [4.69, 9.17) is 9.73 Å². The lowest BCUT2D eigenvalue weighted by Gasteiger charge is -2.35. The first kappa shape index (κ1) is 15.2. The van der Waals surface area contributed by atoms with Crippen LogP contribution in [0.2, 0.25) is 0 Å². The smallest absolute Gasteiger partial charge is 0.157 e. The molecule has 1 saturated heterocycles. The topological polar surface area (TPSA) is 33.6 Å². The van der Waals surface area contributed by atoms with Crippen molar-refractivity contribution in [1.29, 1.82) is 0 Å². The number of nitrogens with one attached hydrogen (secondary N) is 1. The van der Waals surface area contributed by atoms with Crippen molar-refractivity contribution in [3.63, 3.8) is 0 Å². The zero-order chi connectivity index (χ0) is 13.9. The number of thioether (sulfide) groups is 1. The van der Waals surface area contributed by atoms with Crippen molar-refractivity contribution < 1.29 is 4.74 Å². The molecule has 1 N–H and O–H groups in total. The second-order valence-electron chi connectivity index (χ2n) is 6.58. The lowest BCUT2D eigenvalue weighted by molar-refractivity contribution is 0.165. The third-order valence-electron chi connectivity index (χ3n) is 4.48. The minimum absolute atomic E-state index is 0.276. The Morgan fingerprint density at radius 1 is 1.42 bits per heavy atom. The summed E-state index contributed by atoms with van der Waals surface area (Å²) in [5.74, 6) is 2.61. The molecular formula is C15H28N2OS. The van der Waals surface area contributed by atoms with Gasteiger partial charge in [-0.05, 0) is 37.5 Å². The van der Waals surface area contributed by atoms with Crippen molar-refractivity contribution in [2.24, 2.45) is 16.8 Å². The molecule has 19 heavy (non-hydrogen) atoms. The predicted molar refractivity (Wildman–Crippen MR) is 83.9 cm³/mol. The molecule has 0 radical (unpaired) electrons. The van der Waals surface area contributed by atoms with Crippen LogP contribution in [0.5, 0.6) is 0 Å². The zero-order valence-electron chi connectivity index (χ0n) is 12.7. The lowest BCUT2D eigenvalue weighted by Crippen LogP contribution is -2.46. The molecule has 2 fully saturated rings. The van der Waals surface area contributed by atoms with E-state index in [1.807, 2.05) is 11.8 Å². The molecule has 1 atom stereocenters. The molecule has 0 aromatic heterocycles. The Morgan fingerprint density at radius 3 is 2.68 bits per heavy atom. The van der Waals surface area contributed by atoms with Crippen LogP contribution in [-0.4, -0.2) is 36.2 Å². The number of methoxy groups -OCH3 is 1. The summed E-state index contributed by atoms with van der Waals surface area (Å²) in [4.78, 5) is 4.88. The number of ether oxygens (including phenoxy) is 1. The molecule has 1 aliphatic heterocycles. The van der Waals surface area contributed by atoms with Gasteiger partial charge in [0.25, 0.3) is 0 Å². The minimum atomic E-state index is 0.276. The fourth-order valence-corrected chi connectivity index (χ4v) is 4.13. The quantitative estimate of drug-likeness (QED) is 0.860. The third-order valence-corrected chi connectivity index (χ3v) is 5.66. The van der Waals surface area contributed by atoms with E-state index in [1.165, 1.54) is 31.4 Å². The summed E-state index contributed by atoms with van der Waals surface area (Å²) in [5, 5.41) is 4.87. The average molecular weight is 284 g/mol. The number of nitrogens with zero attached hydrogens (tertiary/aromatic N) is 1. The zero-order valence-corrected chi connectivity index (χ0v) is 13.6. The average Bonchev–Trinajstić information content (AvgIpc) is 2.76. The summed E-state index contributed by atoms with van der Waals surface area (Å²) in [6.07, 6.45) is 5.31. The third kappa shape index (κ3) is 3.88. The molecule has 4 heteroatoms. The molecule has 0 aromatic rings. The fourth-order valence-electron chi connectivity index (χ4n) is 2.86. The van der Waals surface area contributed by atoms with E-state index in [1.54, 1.807) is 7.11 Å². The van der Waals surface area contributed by atoms with Crippen molar-refractivity contribution >= 4 is 16.9 Å². The number of hydrogen-bond acceptors (Lipinski definition) is 3. The van der Waals surface area contributed by atoms with Crippen molar-refractivity contribution in [1.82, 2.24) is 5.32 Å². The lowest BCUT2D eigenvalue weighted by atomic mass is 9.78. The van der Waals surface area contributed by atoms with Gasteiger partial charge >= 0.3 is 0 Å². The van der Waals surface area contributed by atoms with E-state index in [-0.39, 0.29) is 6.04 Å². The normalized spacial score (nSPS) is 35.0. The highest BCUT2D eigenvalue weighted by atomic mass is 32.2. The van der Waals surface area contributed by atoms with Crippen molar-refractivity contribution in [2.75, 3.05) is 19.5 Å². The van der Waals surface area contributed by atoms with E-state index in [2.05, 4.69) is 26.1 Å². The SMILES string of the molecule is COCC(N=C1NC2(CCC(C)CC2)CS1)C(C)C. The van der Waals surface area contributed by atoms with Crippen LogP contribution in [0.25, 0.3) is 0 Å². The first-order valence-corrected chi connectivity index (χ1v) is 8.51. The Hall–Kier alpha value is -0.220. The van der Waals surface area contributed by atoms with E-state index in [9.17, 15) is 0 Å². The standard InChI is InChI=1S/C15H28N2OS/c1-11(2)13(9-18-4)16-14-17-15(10-19-14)7-5-12(3)6-8-15/h11-13H,5-10H2,1-4H3,(H,16,17). The maximum Gasteiger partial charge on any atom is 0.157 e. The monoisotopic (exact) mass is 284 g/mol. The summed E-state index contributed by atoms with van der Waals surface area (Å²) in [6, 6.07) is 0.276. The second-order valence-corrected chi connectivity index (χ2v) is 7.54. The van der Waals surface area contributed by atoms with Gasteiger partial charge in [-0.15, -0.1) is 0 Å². The van der Waals surface area contributed by atoms with Crippen LogP contribution in [0.15, 0.2) is 4.99 Å². The van der Waals surface area contributed by atoms with Gasteiger partial charge in [-0.25, -0.2) is 0 Å². The number of amidine groups is 1. The summed E-state index contributed by atoms with van der Waals surface area (Å²) in [5.41, 5.74) is 0.338. The fraction of sp³-hybridized carbons (Fsp3) is 0.933. The van der Waals surface area contributed by atoms with Crippen molar-refractivity contribution in [3.8, 4) is 0 Å². The summed E-state index contributed by atoms with van der Waals surface area (Å²) >= 11 is 1.90. The molecule has 1 heterocycles. The molecular weight excluding hydrogens is 256 g/mol. The van der Waals surface area contributed by atoms with Gasteiger partial charge in [-0.1, -0.05) is 32.5 Å².